The standard InChI is InChI=1S/C21H38F3N2O3S/c1-3-4-5-6-7-8-9-10-11-12-13-14-15-16-17-26-19-18-25(2)20(26)29-30(27,28)21(22,23)24/h18-19H,3-17H2,1-2H3/q+1. The number of aromatic nitrogens is 2. The summed E-state index contributed by atoms with van der Waals surface area (Å²) in [5.74, 6) is 0. The molecule has 0 aliphatic heterocycles. The molecule has 0 bridgehead atoms. The molecule has 0 aromatic carbocycles. The average molecular weight is 456 g/mol. The first-order valence-electron chi connectivity index (χ1n) is 11.2. The summed E-state index contributed by atoms with van der Waals surface area (Å²) >= 11 is 0. The van der Waals surface area contributed by atoms with Gasteiger partial charge in [-0.05, 0) is 12.8 Å². The Morgan fingerprint density at radius 1 is 0.867 bits per heavy atom. The van der Waals surface area contributed by atoms with Gasteiger partial charge in [0.05, 0.1) is 13.6 Å². The van der Waals surface area contributed by atoms with Crippen molar-refractivity contribution in [2.45, 2.75) is 109 Å². The van der Waals surface area contributed by atoms with Crippen molar-refractivity contribution >= 4 is 10.1 Å². The molecule has 0 unspecified atom stereocenters. The van der Waals surface area contributed by atoms with Crippen LogP contribution in [0.3, 0.4) is 0 Å². The van der Waals surface area contributed by atoms with E-state index in [4.69, 9.17) is 0 Å². The van der Waals surface area contributed by atoms with Gasteiger partial charge in [0.1, 0.15) is 12.4 Å². The third-order valence-electron chi connectivity index (χ3n) is 5.24. The second-order valence-electron chi connectivity index (χ2n) is 7.96. The third-order valence-corrected chi connectivity index (χ3v) is 6.17. The zero-order chi connectivity index (χ0) is 22.5. The lowest BCUT2D eigenvalue weighted by atomic mass is 10.0. The lowest BCUT2D eigenvalue weighted by Gasteiger charge is -2.08. The van der Waals surface area contributed by atoms with Crippen LogP contribution in [0, 0.1) is 0 Å². The molecule has 0 saturated heterocycles. The number of unbranched alkanes of at least 4 members (excludes halogenated alkanes) is 13. The molecule has 0 aliphatic rings. The first kappa shape index (κ1) is 26.8. The number of rotatable bonds is 17. The summed E-state index contributed by atoms with van der Waals surface area (Å²) in [5, 5.41) is 0. The molecule has 0 amide bonds. The second kappa shape index (κ2) is 13.9. The van der Waals surface area contributed by atoms with Gasteiger partial charge in [-0.1, -0.05) is 84.0 Å². The van der Waals surface area contributed by atoms with Gasteiger partial charge in [-0.15, -0.1) is 0 Å². The molecule has 0 fully saturated rings. The van der Waals surface area contributed by atoms with Crippen molar-refractivity contribution in [2.75, 3.05) is 0 Å². The van der Waals surface area contributed by atoms with E-state index in [0.29, 0.717) is 6.54 Å². The molecule has 1 aromatic rings. The molecular weight excluding hydrogens is 417 g/mol. The minimum Gasteiger partial charge on any atom is -0.302 e. The van der Waals surface area contributed by atoms with Crippen LogP contribution in [0.2, 0.25) is 0 Å². The molecule has 0 N–H and O–H groups in total. The number of nitrogens with zero attached hydrogens (tertiary/aromatic N) is 2. The van der Waals surface area contributed by atoms with Gasteiger partial charge in [-0.3, -0.25) is 0 Å². The summed E-state index contributed by atoms with van der Waals surface area (Å²) in [4.78, 5) is 0. The average Bonchev–Trinajstić information content (AvgIpc) is 3.00. The van der Waals surface area contributed by atoms with Crippen LogP contribution in [-0.4, -0.2) is 18.5 Å². The minimum absolute atomic E-state index is 0.331. The van der Waals surface area contributed by atoms with Crippen molar-refractivity contribution in [3.63, 3.8) is 0 Å². The van der Waals surface area contributed by atoms with E-state index in [1.165, 1.54) is 92.8 Å². The number of hydrogen-bond acceptors (Lipinski definition) is 3. The fourth-order valence-corrected chi connectivity index (χ4v) is 3.91. The molecule has 9 heteroatoms. The molecule has 176 valence electrons. The Balaban J connectivity index is 2.14. The maximum atomic E-state index is 12.5. The van der Waals surface area contributed by atoms with E-state index in [0.717, 1.165) is 25.7 Å². The van der Waals surface area contributed by atoms with Crippen LogP contribution in [0.4, 0.5) is 13.2 Å². The summed E-state index contributed by atoms with van der Waals surface area (Å²) in [6.45, 7) is 2.65. The normalized spacial score (nSPS) is 12.4. The third kappa shape index (κ3) is 10.2. The van der Waals surface area contributed by atoms with E-state index < -0.39 is 15.6 Å². The Hall–Kier alpha value is -1.25. The van der Waals surface area contributed by atoms with Gasteiger partial charge < -0.3 is 4.18 Å². The van der Waals surface area contributed by atoms with Gasteiger partial charge in [0, 0.05) is 0 Å². The summed E-state index contributed by atoms with van der Waals surface area (Å²) in [6, 6.07) is -0.331. The summed E-state index contributed by atoms with van der Waals surface area (Å²) < 4.78 is 67.1. The first-order valence-corrected chi connectivity index (χ1v) is 12.7. The number of imidazole rings is 1. The van der Waals surface area contributed by atoms with E-state index >= 15 is 0 Å². The Bertz CT molecular complexity index is 688. The predicted molar refractivity (Wildman–Crippen MR) is 112 cm³/mol. The summed E-state index contributed by atoms with van der Waals surface area (Å²) in [5.41, 5.74) is -5.44. The van der Waals surface area contributed by atoms with Gasteiger partial charge in [0.2, 0.25) is 0 Å². The number of aryl methyl sites for hydroxylation is 2. The molecule has 30 heavy (non-hydrogen) atoms. The van der Waals surface area contributed by atoms with Crippen molar-refractivity contribution < 1.29 is 30.3 Å². The highest BCUT2D eigenvalue weighted by atomic mass is 32.2. The smallest absolute Gasteiger partial charge is 0.302 e. The van der Waals surface area contributed by atoms with Crippen LogP contribution < -0.4 is 8.75 Å². The largest absolute Gasteiger partial charge is 0.534 e. The SMILES string of the molecule is CCCCCCCCCCCCCCCCn1cc[n+](C)c1OS(=O)(=O)C(F)(F)F. The highest BCUT2D eigenvalue weighted by molar-refractivity contribution is 7.87. The number of alkyl halides is 3. The second-order valence-corrected chi connectivity index (χ2v) is 9.50. The monoisotopic (exact) mass is 455 g/mol. The van der Waals surface area contributed by atoms with E-state index in [2.05, 4.69) is 11.1 Å². The number of halogens is 3. The summed E-state index contributed by atoms with van der Waals surface area (Å²) in [6.07, 6.45) is 20.1. The Morgan fingerprint density at radius 3 is 1.73 bits per heavy atom. The van der Waals surface area contributed by atoms with Gasteiger partial charge in [0.25, 0.3) is 0 Å². The fourth-order valence-electron chi connectivity index (χ4n) is 3.41. The zero-order valence-corrected chi connectivity index (χ0v) is 19.2. The Kier molecular flexibility index (Phi) is 12.4. The maximum Gasteiger partial charge on any atom is 0.534 e. The molecule has 0 atom stereocenters. The van der Waals surface area contributed by atoms with E-state index in [1.54, 1.807) is 0 Å². The van der Waals surface area contributed by atoms with E-state index in [-0.39, 0.29) is 6.01 Å². The van der Waals surface area contributed by atoms with Crippen LogP contribution in [0.5, 0.6) is 6.01 Å². The van der Waals surface area contributed by atoms with Crippen molar-refractivity contribution in [2.24, 2.45) is 7.05 Å². The molecule has 0 radical (unpaired) electrons. The van der Waals surface area contributed by atoms with Crippen molar-refractivity contribution in [1.82, 2.24) is 4.57 Å². The van der Waals surface area contributed by atoms with Crippen LogP contribution >= 0.6 is 0 Å². The van der Waals surface area contributed by atoms with Crippen molar-refractivity contribution in [1.29, 1.82) is 0 Å². The quantitative estimate of drug-likeness (QED) is 0.125. The summed E-state index contributed by atoms with van der Waals surface area (Å²) in [7, 11) is -4.22. The van der Waals surface area contributed by atoms with E-state index in [1.807, 2.05) is 0 Å². The molecule has 0 spiro atoms. The predicted octanol–water partition coefficient (Wildman–Crippen LogP) is 6.02. The Morgan fingerprint density at radius 2 is 1.30 bits per heavy atom. The molecule has 1 heterocycles. The lowest BCUT2D eigenvalue weighted by Crippen LogP contribution is -2.36. The highest BCUT2D eigenvalue weighted by Gasteiger charge is 2.50. The number of hydrogen-bond donors (Lipinski definition) is 0. The molecular formula is C21H38F3N2O3S+. The molecule has 1 aromatic heterocycles. The molecule has 5 nitrogen and oxygen atoms in total. The first-order chi connectivity index (χ1) is 14.2. The van der Waals surface area contributed by atoms with Crippen LogP contribution in [0.1, 0.15) is 96.8 Å². The van der Waals surface area contributed by atoms with Crippen LogP contribution in [0.25, 0.3) is 0 Å². The van der Waals surface area contributed by atoms with E-state index in [9.17, 15) is 21.6 Å². The van der Waals surface area contributed by atoms with Gasteiger partial charge in [-0.25, -0.2) is 0 Å². The van der Waals surface area contributed by atoms with Crippen LogP contribution in [0.15, 0.2) is 12.4 Å². The molecule has 0 saturated carbocycles. The topological polar surface area (TPSA) is 52.2 Å². The Labute approximate surface area is 179 Å². The molecule has 0 aliphatic carbocycles. The van der Waals surface area contributed by atoms with Crippen molar-refractivity contribution in [3.05, 3.63) is 12.4 Å². The van der Waals surface area contributed by atoms with Gasteiger partial charge >= 0.3 is 21.6 Å². The van der Waals surface area contributed by atoms with Crippen LogP contribution in [-0.2, 0) is 23.7 Å². The lowest BCUT2D eigenvalue weighted by molar-refractivity contribution is -0.674. The minimum atomic E-state index is -5.67. The highest BCUT2D eigenvalue weighted by Crippen LogP contribution is 2.25. The van der Waals surface area contributed by atoms with Crippen molar-refractivity contribution in [3.8, 4) is 6.01 Å². The maximum absolute atomic E-state index is 12.5. The fraction of sp³-hybridized carbons (Fsp3) is 0.857. The van der Waals surface area contributed by atoms with Gasteiger partial charge in [-0.2, -0.15) is 30.7 Å². The molecule has 1 rings (SSSR count). The zero-order valence-electron chi connectivity index (χ0n) is 18.4. The van der Waals surface area contributed by atoms with Gasteiger partial charge in [0.15, 0.2) is 0 Å².